The molecule has 2 aromatic rings. The highest BCUT2D eigenvalue weighted by atomic mass is 32.1. The molecule has 0 radical (unpaired) electrons. The van der Waals surface area contributed by atoms with Crippen molar-refractivity contribution in [2.45, 2.75) is 12.8 Å². The zero-order valence-electron chi connectivity index (χ0n) is 9.55. The number of nitrogens with zero attached hydrogens (tertiary/aromatic N) is 2. The lowest BCUT2D eigenvalue weighted by Gasteiger charge is -2.06. The molecule has 0 spiro atoms. The lowest BCUT2D eigenvalue weighted by molar-refractivity contribution is 0.0974. The normalized spacial score (nSPS) is 11.8. The highest BCUT2D eigenvalue weighted by Gasteiger charge is 2.23. The second-order valence-corrected chi connectivity index (χ2v) is 4.79. The largest absolute Gasteiger partial charge is 0.291 e. The summed E-state index contributed by atoms with van der Waals surface area (Å²) >= 11 is 1.36. The third-order valence-electron chi connectivity index (χ3n) is 2.47. The number of Topliss-reactive ketones (excluding diaryl/α,β-unsaturated/α-hetero) is 1. The first-order chi connectivity index (χ1) is 8.61. The first kappa shape index (κ1) is 12.4. The van der Waals surface area contributed by atoms with E-state index >= 15 is 0 Å². The van der Waals surface area contributed by atoms with Gasteiger partial charge in [-0.3, -0.25) is 4.79 Å². The summed E-state index contributed by atoms with van der Waals surface area (Å²) < 4.78 is 12.8. The summed E-state index contributed by atoms with van der Waals surface area (Å²) in [5.74, 6) is -1.69. The van der Waals surface area contributed by atoms with Gasteiger partial charge in [0.2, 0.25) is 5.78 Å². The molecule has 0 N–H and O–H groups in total. The van der Waals surface area contributed by atoms with E-state index < -0.39 is 11.7 Å². The Labute approximate surface area is 108 Å². The maximum Gasteiger partial charge on any atom is 0.203 e. The number of aromatic nitrogens is 1. The number of halogens is 1. The molecule has 0 aliphatic carbocycles. The molecule has 1 aromatic carbocycles. The number of hydrogen-bond donors (Lipinski definition) is 0. The van der Waals surface area contributed by atoms with Gasteiger partial charge in [0, 0.05) is 5.38 Å². The Morgan fingerprint density at radius 3 is 2.61 bits per heavy atom. The second-order valence-electron chi connectivity index (χ2n) is 3.73. The van der Waals surface area contributed by atoms with Crippen LogP contribution >= 0.6 is 11.3 Å². The van der Waals surface area contributed by atoms with Crippen LogP contribution in [0.25, 0.3) is 0 Å². The van der Waals surface area contributed by atoms with Crippen molar-refractivity contribution in [1.29, 1.82) is 5.26 Å². The maximum atomic E-state index is 12.8. The van der Waals surface area contributed by atoms with Crippen LogP contribution in [0.4, 0.5) is 4.39 Å². The number of rotatable bonds is 3. The van der Waals surface area contributed by atoms with E-state index in [2.05, 4.69) is 4.98 Å². The van der Waals surface area contributed by atoms with Crippen molar-refractivity contribution < 1.29 is 9.18 Å². The van der Waals surface area contributed by atoms with Gasteiger partial charge in [-0.15, -0.1) is 11.3 Å². The average molecular weight is 260 g/mol. The van der Waals surface area contributed by atoms with E-state index in [0.29, 0.717) is 5.56 Å². The Morgan fingerprint density at radius 2 is 2.11 bits per heavy atom. The predicted molar refractivity (Wildman–Crippen MR) is 65.9 cm³/mol. The first-order valence-electron chi connectivity index (χ1n) is 5.23. The number of aryl methyl sites for hydroxylation is 1. The van der Waals surface area contributed by atoms with E-state index in [1.807, 2.05) is 6.07 Å². The SMILES string of the molecule is Cc1nc(C(=O)C(C#N)c2ccc(F)cc2)cs1. The highest BCUT2D eigenvalue weighted by Crippen LogP contribution is 2.21. The zero-order chi connectivity index (χ0) is 13.1. The van der Waals surface area contributed by atoms with Gasteiger partial charge >= 0.3 is 0 Å². The van der Waals surface area contributed by atoms with E-state index in [4.69, 9.17) is 5.26 Å². The van der Waals surface area contributed by atoms with Gasteiger partial charge in [-0.2, -0.15) is 5.26 Å². The van der Waals surface area contributed by atoms with E-state index in [9.17, 15) is 9.18 Å². The van der Waals surface area contributed by atoms with E-state index in [1.54, 1.807) is 12.3 Å². The lowest BCUT2D eigenvalue weighted by atomic mass is 9.95. The number of hydrogen-bond acceptors (Lipinski definition) is 4. The summed E-state index contributed by atoms with van der Waals surface area (Å²) in [7, 11) is 0. The summed E-state index contributed by atoms with van der Waals surface area (Å²) in [5.41, 5.74) is 0.767. The molecule has 0 amide bonds. The van der Waals surface area contributed by atoms with Gasteiger partial charge < -0.3 is 0 Å². The molecule has 0 fully saturated rings. The molecular formula is C13H9FN2OS. The van der Waals surface area contributed by atoms with Crippen molar-refractivity contribution in [2.24, 2.45) is 0 Å². The molecule has 1 aromatic heterocycles. The Balaban J connectivity index is 2.32. The van der Waals surface area contributed by atoms with Crippen LogP contribution in [0, 0.1) is 24.1 Å². The Bertz CT molecular complexity index is 613. The fraction of sp³-hybridized carbons (Fsp3) is 0.154. The van der Waals surface area contributed by atoms with Gasteiger partial charge in [0.25, 0.3) is 0 Å². The molecule has 1 heterocycles. The van der Waals surface area contributed by atoms with Crippen LogP contribution in [-0.4, -0.2) is 10.8 Å². The van der Waals surface area contributed by atoms with Crippen LogP contribution in [0.3, 0.4) is 0 Å². The minimum atomic E-state index is -0.938. The van der Waals surface area contributed by atoms with E-state index in [0.717, 1.165) is 5.01 Å². The number of thiazole rings is 1. The van der Waals surface area contributed by atoms with Gasteiger partial charge in [-0.1, -0.05) is 12.1 Å². The molecule has 0 saturated carbocycles. The van der Waals surface area contributed by atoms with Crippen LogP contribution in [-0.2, 0) is 0 Å². The quantitative estimate of drug-likeness (QED) is 0.797. The Kier molecular flexibility index (Phi) is 3.49. The van der Waals surface area contributed by atoms with Gasteiger partial charge in [0.05, 0.1) is 11.1 Å². The minimum absolute atomic E-state index is 0.286. The van der Waals surface area contributed by atoms with Crippen molar-refractivity contribution in [3.05, 3.63) is 51.7 Å². The molecule has 2 rings (SSSR count). The standard InChI is InChI=1S/C13H9FN2OS/c1-8-16-12(7-18-8)13(17)11(6-15)9-2-4-10(14)5-3-9/h2-5,7,11H,1H3. The molecule has 18 heavy (non-hydrogen) atoms. The predicted octanol–water partition coefficient (Wildman–Crippen LogP) is 3.08. The number of benzene rings is 1. The van der Waals surface area contributed by atoms with Gasteiger partial charge in [-0.05, 0) is 24.6 Å². The molecule has 0 saturated heterocycles. The van der Waals surface area contributed by atoms with Crippen LogP contribution in [0.5, 0.6) is 0 Å². The lowest BCUT2D eigenvalue weighted by Crippen LogP contribution is -2.11. The third kappa shape index (κ3) is 2.44. The summed E-state index contributed by atoms with van der Waals surface area (Å²) in [6.45, 7) is 1.79. The van der Waals surface area contributed by atoms with Crippen LogP contribution in [0.1, 0.15) is 27.0 Å². The molecule has 3 nitrogen and oxygen atoms in total. The molecule has 90 valence electrons. The topological polar surface area (TPSA) is 53.8 Å². The van der Waals surface area contributed by atoms with Gasteiger partial charge in [0.1, 0.15) is 17.4 Å². The van der Waals surface area contributed by atoms with Crippen LogP contribution in [0.2, 0.25) is 0 Å². The van der Waals surface area contributed by atoms with E-state index in [1.165, 1.54) is 35.6 Å². The fourth-order valence-electron chi connectivity index (χ4n) is 1.56. The average Bonchev–Trinajstić information content (AvgIpc) is 2.79. The molecule has 1 atom stereocenters. The van der Waals surface area contributed by atoms with Crippen molar-refractivity contribution in [1.82, 2.24) is 4.98 Å². The number of carbonyl (C=O) groups excluding carboxylic acids is 1. The summed E-state index contributed by atoms with van der Waals surface area (Å²) in [4.78, 5) is 16.2. The Morgan fingerprint density at radius 1 is 1.44 bits per heavy atom. The van der Waals surface area contributed by atoms with Gasteiger partial charge in [0.15, 0.2) is 0 Å². The Hall–Kier alpha value is -2.06. The summed E-state index contributed by atoms with van der Waals surface area (Å²) in [5, 5.41) is 11.5. The highest BCUT2D eigenvalue weighted by molar-refractivity contribution is 7.09. The van der Waals surface area contributed by atoms with Gasteiger partial charge in [-0.25, -0.2) is 9.37 Å². The molecule has 0 bridgehead atoms. The molecule has 0 aliphatic rings. The second kappa shape index (κ2) is 5.07. The van der Waals surface area contributed by atoms with E-state index in [-0.39, 0.29) is 11.5 Å². The molecule has 5 heteroatoms. The minimum Gasteiger partial charge on any atom is -0.291 e. The molecular weight excluding hydrogens is 251 g/mol. The zero-order valence-corrected chi connectivity index (χ0v) is 10.4. The number of carbonyl (C=O) groups is 1. The first-order valence-corrected chi connectivity index (χ1v) is 6.11. The van der Waals surface area contributed by atoms with Crippen molar-refractivity contribution >= 4 is 17.1 Å². The van der Waals surface area contributed by atoms with Crippen LogP contribution in [0.15, 0.2) is 29.6 Å². The molecule has 1 unspecified atom stereocenters. The van der Waals surface area contributed by atoms with Crippen molar-refractivity contribution in [2.75, 3.05) is 0 Å². The maximum absolute atomic E-state index is 12.8. The van der Waals surface area contributed by atoms with Crippen molar-refractivity contribution in [3.63, 3.8) is 0 Å². The fourth-order valence-corrected chi connectivity index (χ4v) is 2.17. The number of ketones is 1. The van der Waals surface area contributed by atoms with Crippen LogP contribution < -0.4 is 0 Å². The van der Waals surface area contributed by atoms with Crippen molar-refractivity contribution in [3.8, 4) is 6.07 Å². The summed E-state index contributed by atoms with van der Waals surface area (Å²) in [6.07, 6.45) is 0. The number of nitriles is 1. The summed E-state index contributed by atoms with van der Waals surface area (Å²) in [6, 6.07) is 7.30. The smallest absolute Gasteiger partial charge is 0.203 e. The monoisotopic (exact) mass is 260 g/mol. The third-order valence-corrected chi connectivity index (χ3v) is 3.24. The molecule has 0 aliphatic heterocycles.